The number of carbonyl (C=O) groups is 2. The highest BCUT2D eigenvalue weighted by molar-refractivity contribution is 7.09. The predicted octanol–water partition coefficient (Wildman–Crippen LogP) is 3.33. The highest BCUT2D eigenvalue weighted by Crippen LogP contribution is 2.17. The van der Waals surface area contributed by atoms with Crippen LogP contribution < -0.4 is 10.1 Å². The van der Waals surface area contributed by atoms with E-state index in [4.69, 9.17) is 4.74 Å². The highest BCUT2D eigenvalue weighted by atomic mass is 32.1. The largest absolute Gasteiger partial charge is 0.486 e. The first-order valence-electron chi connectivity index (χ1n) is 8.49. The smallest absolute Gasteiger partial charge is 0.329 e. The number of carboxylic acid groups (broad SMARTS) is 1. The Kier molecular flexibility index (Phi) is 6.74. The lowest BCUT2D eigenvalue weighted by molar-refractivity contribution is -0.147. The maximum atomic E-state index is 12.2. The van der Waals surface area contributed by atoms with Crippen molar-refractivity contribution in [2.45, 2.75) is 52.2 Å². The van der Waals surface area contributed by atoms with Gasteiger partial charge < -0.3 is 15.2 Å². The van der Waals surface area contributed by atoms with E-state index in [-0.39, 0.29) is 12.3 Å². The molecule has 26 heavy (non-hydrogen) atoms. The van der Waals surface area contributed by atoms with Crippen molar-refractivity contribution in [3.8, 4) is 5.75 Å². The molecule has 6 nitrogen and oxygen atoms in total. The summed E-state index contributed by atoms with van der Waals surface area (Å²) in [5.74, 6) is -0.611. The number of hydrogen-bond acceptors (Lipinski definition) is 5. The molecule has 0 saturated heterocycles. The zero-order chi connectivity index (χ0) is 19.2. The lowest BCUT2D eigenvalue weighted by Gasteiger charge is -2.25. The number of nitrogens with zero attached hydrogens (tertiary/aromatic N) is 1. The summed E-state index contributed by atoms with van der Waals surface area (Å²) in [5, 5.41) is 14.5. The molecule has 7 heteroatoms. The molecular weight excluding hydrogens is 352 g/mol. The molecule has 1 aromatic carbocycles. The number of carboxylic acids is 1. The maximum absolute atomic E-state index is 12.2. The van der Waals surface area contributed by atoms with Crippen LogP contribution in [-0.2, 0) is 22.6 Å². The quantitative estimate of drug-likeness (QED) is 0.701. The standard InChI is InChI=1S/C19H24N2O4S/c1-4-9-19(3,18(23)24)21-16(22)10-14-12-26-17(20-14)11-25-15-7-5-13(2)6-8-15/h5-8,12H,4,9-11H2,1-3H3,(H,21,22)(H,23,24). The Bertz CT molecular complexity index is 757. The van der Waals surface area contributed by atoms with Crippen molar-refractivity contribution in [2.24, 2.45) is 0 Å². The fourth-order valence-electron chi connectivity index (χ4n) is 2.52. The topological polar surface area (TPSA) is 88.5 Å². The number of ether oxygens (including phenoxy) is 1. The second-order valence-electron chi connectivity index (χ2n) is 6.45. The Morgan fingerprint density at radius 1 is 1.31 bits per heavy atom. The van der Waals surface area contributed by atoms with Gasteiger partial charge in [0.1, 0.15) is 22.9 Å². The van der Waals surface area contributed by atoms with Gasteiger partial charge in [-0.25, -0.2) is 9.78 Å². The number of benzene rings is 1. The van der Waals surface area contributed by atoms with Gasteiger partial charge in [-0.05, 0) is 32.4 Å². The lowest BCUT2D eigenvalue weighted by Crippen LogP contribution is -2.52. The molecule has 0 aliphatic carbocycles. The van der Waals surface area contributed by atoms with Crippen LogP contribution >= 0.6 is 11.3 Å². The van der Waals surface area contributed by atoms with E-state index in [9.17, 15) is 14.7 Å². The molecule has 1 atom stereocenters. The van der Waals surface area contributed by atoms with Crippen molar-refractivity contribution in [2.75, 3.05) is 0 Å². The molecule has 2 aromatic rings. The summed E-state index contributed by atoms with van der Waals surface area (Å²) in [6.45, 7) is 5.75. The van der Waals surface area contributed by atoms with E-state index in [1.165, 1.54) is 18.3 Å². The number of rotatable bonds is 9. The van der Waals surface area contributed by atoms with E-state index < -0.39 is 11.5 Å². The van der Waals surface area contributed by atoms with Crippen LogP contribution in [0, 0.1) is 6.92 Å². The summed E-state index contributed by atoms with van der Waals surface area (Å²) in [4.78, 5) is 28.0. The summed E-state index contributed by atoms with van der Waals surface area (Å²) in [6.07, 6.45) is 1.09. The predicted molar refractivity (Wildman–Crippen MR) is 100 cm³/mol. The third kappa shape index (κ3) is 5.56. The maximum Gasteiger partial charge on any atom is 0.329 e. The van der Waals surface area contributed by atoms with Gasteiger partial charge in [-0.15, -0.1) is 11.3 Å². The van der Waals surface area contributed by atoms with Gasteiger partial charge >= 0.3 is 5.97 Å². The number of aliphatic carboxylic acids is 1. The normalized spacial score (nSPS) is 13.0. The third-order valence-electron chi connectivity index (χ3n) is 3.96. The summed E-state index contributed by atoms with van der Waals surface area (Å²) < 4.78 is 5.68. The zero-order valence-corrected chi connectivity index (χ0v) is 16.1. The van der Waals surface area contributed by atoms with Crippen LogP contribution in [0.25, 0.3) is 0 Å². The Balaban J connectivity index is 1.89. The first-order chi connectivity index (χ1) is 12.3. The lowest BCUT2D eigenvalue weighted by atomic mass is 9.96. The average Bonchev–Trinajstić information content (AvgIpc) is 3.01. The Morgan fingerprint density at radius 3 is 2.62 bits per heavy atom. The van der Waals surface area contributed by atoms with Crippen LogP contribution in [0.4, 0.5) is 0 Å². The SMILES string of the molecule is CCCC(C)(NC(=O)Cc1csc(COc2ccc(C)cc2)n1)C(=O)O. The second-order valence-corrected chi connectivity index (χ2v) is 7.39. The summed E-state index contributed by atoms with van der Waals surface area (Å²) in [5.41, 5.74) is 0.523. The number of nitrogens with one attached hydrogen (secondary N) is 1. The van der Waals surface area contributed by atoms with Gasteiger partial charge in [0, 0.05) is 5.38 Å². The fraction of sp³-hybridized carbons (Fsp3) is 0.421. The number of thiazole rings is 1. The molecule has 1 unspecified atom stereocenters. The minimum Gasteiger partial charge on any atom is -0.486 e. The molecular formula is C19H24N2O4S. The van der Waals surface area contributed by atoms with Crippen molar-refractivity contribution < 1.29 is 19.4 Å². The summed E-state index contributed by atoms with van der Waals surface area (Å²) in [6, 6.07) is 7.75. The minimum absolute atomic E-state index is 0.0492. The number of amides is 1. The van der Waals surface area contributed by atoms with Crippen LogP contribution in [0.1, 0.15) is 43.0 Å². The molecule has 1 aromatic heterocycles. The monoisotopic (exact) mass is 376 g/mol. The number of hydrogen-bond donors (Lipinski definition) is 2. The van der Waals surface area contributed by atoms with Crippen LogP contribution in [0.2, 0.25) is 0 Å². The molecule has 1 heterocycles. The molecule has 1 amide bonds. The van der Waals surface area contributed by atoms with Crippen LogP contribution in [-0.4, -0.2) is 27.5 Å². The van der Waals surface area contributed by atoms with E-state index in [1.807, 2.05) is 38.1 Å². The highest BCUT2D eigenvalue weighted by Gasteiger charge is 2.33. The van der Waals surface area contributed by atoms with Crippen molar-refractivity contribution >= 4 is 23.2 Å². The van der Waals surface area contributed by atoms with Crippen molar-refractivity contribution in [3.05, 3.63) is 45.9 Å². The van der Waals surface area contributed by atoms with Gasteiger partial charge in [0.15, 0.2) is 0 Å². The third-order valence-corrected chi connectivity index (χ3v) is 4.83. The van der Waals surface area contributed by atoms with Gasteiger partial charge in [-0.2, -0.15) is 0 Å². The minimum atomic E-state index is -1.25. The number of aryl methyl sites for hydroxylation is 1. The van der Waals surface area contributed by atoms with E-state index in [0.29, 0.717) is 25.1 Å². The molecule has 2 rings (SSSR count). The molecule has 2 N–H and O–H groups in total. The second kappa shape index (κ2) is 8.80. The molecule has 0 aliphatic heterocycles. The Morgan fingerprint density at radius 2 is 2.00 bits per heavy atom. The summed E-state index contributed by atoms with van der Waals surface area (Å²) >= 11 is 1.42. The Labute approximate surface area is 157 Å². The average molecular weight is 376 g/mol. The van der Waals surface area contributed by atoms with Crippen molar-refractivity contribution in [1.82, 2.24) is 10.3 Å². The molecule has 0 fully saturated rings. The van der Waals surface area contributed by atoms with E-state index in [0.717, 1.165) is 16.3 Å². The van der Waals surface area contributed by atoms with Crippen LogP contribution in [0.3, 0.4) is 0 Å². The van der Waals surface area contributed by atoms with E-state index in [1.54, 1.807) is 5.38 Å². The number of aromatic nitrogens is 1. The molecule has 0 aliphatic rings. The Hall–Kier alpha value is -2.41. The van der Waals surface area contributed by atoms with Crippen LogP contribution in [0.15, 0.2) is 29.6 Å². The zero-order valence-electron chi connectivity index (χ0n) is 15.2. The molecule has 140 valence electrons. The molecule has 0 spiro atoms. The van der Waals surface area contributed by atoms with Gasteiger partial charge in [0.05, 0.1) is 12.1 Å². The number of carbonyl (C=O) groups excluding carboxylic acids is 1. The molecule has 0 radical (unpaired) electrons. The fourth-order valence-corrected chi connectivity index (χ4v) is 3.22. The van der Waals surface area contributed by atoms with Gasteiger partial charge in [-0.1, -0.05) is 31.0 Å². The van der Waals surface area contributed by atoms with Gasteiger partial charge in [0.25, 0.3) is 0 Å². The van der Waals surface area contributed by atoms with Crippen LogP contribution in [0.5, 0.6) is 5.75 Å². The van der Waals surface area contributed by atoms with Gasteiger partial charge in [0.2, 0.25) is 5.91 Å². The van der Waals surface area contributed by atoms with E-state index >= 15 is 0 Å². The van der Waals surface area contributed by atoms with Crippen molar-refractivity contribution in [3.63, 3.8) is 0 Å². The first kappa shape index (κ1) is 19.9. The van der Waals surface area contributed by atoms with Gasteiger partial charge in [-0.3, -0.25) is 4.79 Å². The molecule has 0 bridgehead atoms. The summed E-state index contributed by atoms with van der Waals surface area (Å²) in [7, 11) is 0. The molecule has 0 saturated carbocycles. The first-order valence-corrected chi connectivity index (χ1v) is 9.37. The van der Waals surface area contributed by atoms with Crippen molar-refractivity contribution in [1.29, 1.82) is 0 Å². The van der Waals surface area contributed by atoms with E-state index in [2.05, 4.69) is 10.3 Å².